The molecule has 2 heterocycles. The predicted molar refractivity (Wildman–Crippen MR) is 130 cm³/mol. The van der Waals surface area contributed by atoms with Crippen molar-refractivity contribution < 1.29 is 23.0 Å². The number of rotatable bonds is 7. The van der Waals surface area contributed by atoms with Crippen molar-refractivity contribution in [2.45, 2.75) is 25.4 Å². The first-order chi connectivity index (χ1) is 17.0. The van der Waals surface area contributed by atoms with E-state index in [1.165, 1.54) is 12.1 Å². The van der Waals surface area contributed by atoms with E-state index in [4.69, 9.17) is 4.74 Å². The Morgan fingerprint density at radius 3 is 2.69 bits per heavy atom. The van der Waals surface area contributed by atoms with Crippen LogP contribution in [0.1, 0.15) is 36.6 Å². The van der Waals surface area contributed by atoms with Crippen molar-refractivity contribution in [2.24, 2.45) is 11.8 Å². The maximum Gasteiger partial charge on any atom is 0.127 e. The molecule has 0 spiro atoms. The summed E-state index contributed by atoms with van der Waals surface area (Å²) in [5, 5.41) is 10.7. The van der Waals surface area contributed by atoms with Crippen molar-refractivity contribution in [3.63, 3.8) is 0 Å². The van der Waals surface area contributed by atoms with Gasteiger partial charge in [0.1, 0.15) is 23.6 Å². The number of likely N-dealkylation sites (tertiary alicyclic amines) is 1. The second-order valence-corrected chi connectivity index (χ2v) is 9.01. The third-order valence-electron chi connectivity index (χ3n) is 6.72. The molecule has 3 aromatic rings. The molecule has 1 aliphatic heterocycles. The number of nitrogens with zero attached hydrogens (tertiary/aromatic N) is 2. The molecule has 2 aromatic carbocycles. The molecule has 4 nitrogen and oxygen atoms in total. The molecule has 7 heteroatoms. The van der Waals surface area contributed by atoms with Crippen molar-refractivity contribution >= 4 is 10.9 Å². The van der Waals surface area contributed by atoms with E-state index >= 15 is 4.39 Å². The number of aromatic nitrogens is 1. The van der Waals surface area contributed by atoms with E-state index < -0.39 is 17.8 Å². The largest absolute Gasteiger partial charge is 0.497 e. The lowest BCUT2D eigenvalue weighted by Gasteiger charge is -2.37. The van der Waals surface area contributed by atoms with Crippen LogP contribution in [0.5, 0.6) is 5.75 Å². The van der Waals surface area contributed by atoms with Crippen molar-refractivity contribution in [3.8, 4) is 17.6 Å². The fourth-order valence-corrected chi connectivity index (χ4v) is 4.83. The summed E-state index contributed by atoms with van der Waals surface area (Å²) in [7, 11) is 1.58. The minimum atomic E-state index is -1.14. The van der Waals surface area contributed by atoms with Crippen LogP contribution in [-0.4, -0.2) is 48.3 Å². The Labute approximate surface area is 203 Å². The average Bonchev–Trinajstić information content (AvgIpc) is 2.86. The predicted octanol–water partition coefficient (Wildman–Crippen LogP) is 5.29. The lowest BCUT2D eigenvalue weighted by atomic mass is 9.81. The minimum Gasteiger partial charge on any atom is -0.497 e. The highest BCUT2D eigenvalue weighted by Crippen LogP contribution is 2.35. The number of ether oxygens (including phenoxy) is 1. The molecule has 1 saturated heterocycles. The van der Waals surface area contributed by atoms with Gasteiger partial charge in [-0.2, -0.15) is 0 Å². The molecule has 0 saturated carbocycles. The molecule has 4 rings (SSSR count). The number of piperidine rings is 1. The Morgan fingerprint density at radius 1 is 1.14 bits per heavy atom. The van der Waals surface area contributed by atoms with Gasteiger partial charge in [0.2, 0.25) is 0 Å². The molecule has 0 unspecified atom stereocenters. The van der Waals surface area contributed by atoms with Crippen LogP contribution in [0.15, 0.2) is 48.7 Å². The molecule has 0 radical (unpaired) electrons. The van der Waals surface area contributed by atoms with Crippen molar-refractivity contribution in [2.75, 3.05) is 33.4 Å². The zero-order valence-corrected chi connectivity index (χ0v) is 19.7. The highest BCUT2D eigenvalue weighted by Gasteiger charge is 2.29. The van der Waals surface area contributed by atoms with Crippen LogP contribution in [0, 0.1) is 35.3 Å². The molecule has 0 bridgehead atoms. The fraction of sp³-hybridized carbons (Fsp3) is 0.393. The lowest BCUT2D eigenvalue weighted by molar-refractivity contribution is 0.0708. The number of aliphatic hydroxyl groups excluding tert-OH is 1. The van der Waals surface area contributed by atoms with Crippen LogP contribution in [0.4, 0.5) is 13.2 Å². The highest BCUT2D eigenvalue weighted by molar-refractivity contribution is 5.83. The van der Waals surface area contributed by atoms with Crippen LogP contribution >= 0.6 is 0 Å². The van der Waals surface area contributed by atoms with E-state index in [-0.39, 0.29) is 18.4 Å². The lowest BCUT2D eigenvalue weighted by Crippen LogP contribution is -2.42. The molecule has 1 aliphatic rings. The van der Waals surface area contributed by atoms with Crippen LogP contribution in [0.25, 0.3) is 10.9 Å². The Bertz CT molecular complexity index is 1200. The van der Waals surface area contributed by atoms with Gasteiger partial charge >= 0.3 is 0 Å². The number of pyridine rings is 1. The smallest absolute Gasteiger partial charge is 0.127 e. The Kier molecular flexibility index (Phi) is 8.27. The van der Waals surface area contributed by atoms with Crippen molar-refractivity contribution in [1.82, 2.24) is 9.88 Å². The topological polar surface area (TPSA) is 45.6 Å². The first-order valence-corrected chi connectivity index (χ1v) is 11.8. The van der Waals surface area contributed by atoms with E-state index in [0.717, 1.165) is 29.9 Å². The number of alkyl halides is 1. The van der Waals surface area contributed by atoms with Gasteiger partial charge in [-0.05, 0) is 79.6 Å². The standard InChI is InChI=1S/C28H29F3N2O2/c1-35-24-5-7-28-26(16-24)25(8-10-32-28)27(31)6-4-20-9-12-33(17-21(20)18-34)11-2-3-19-13-22(29)15-23(30)14-19/h5,7-8,10,13-16,20-21,27,34H,4,6,9,11-12,17-18H2,1H3/t20-,21-,27-/m1/s1. The van der Waals surface area contributed by atoms with E-state index in [1.807, 2.05) is 18.2 Å². The Balaban J connectivity index is 1.34. The number of fused-ring (bicyclic) bond motifs is 1. The fourth-order valence-electron chi connectivity index (χ4n) is 4.83. The van der Waals surface area contributed by atoms with E-state index in [1.54, 1.807) is 19.4 Å². The summed E-state index contributed by atoms with van der Waals surface area (Å²) in [4.78, 5) is 6.45. The van der Waals surface area contributed by atoms with Gasteiger partial charge in [-0.1, -0.05) is 11.8 Å². The highest BCUT2D eigenvalue weighted by atomic mass is 19.1. The number of hydrogen-bond donors (Lipinski definition) is 1. The maximum absolute atomic E-state index is 15.3. The molecule has 1 aromatic heterocycles. The molecular formula is C28H29F3N2O2. The van der Waals surface area contributed by atoms with E-state index in [9.17, 15) is 13.9 Å². The molecular weight excluding hydrogens is 453 g/mol. The third kappa shape index (κ3) is 6.33. The van der Waals surface area contributed by atoms with Gasteiger partial charge in [0.05, 0.1) is 19.2 Å². The van der Waals surface area contributed by atoms with Gasteiger partial charge < -0.3 is 9.84 Å². The van der Waals surface area contributed by atoms with Gasteiger partial charge in [0.15, 0.2) is 0 Å². The second-order valence-electron chi connectivity index (χ2n) is 9.01. The van der Waals surface area contributed by atoms with Crippen LogP contribution in [-0.2, 0) is 0 Å². The van der Waals surface area contributed by atoms with E-state index in [2.05, 4.69) is 21.7 Å². The zero-order valence-electron chi connectivity index (χ0n) is 19.7. The number of halogens is 3. The monoisotopic (exact) mass is 482 g/mol. The number of aliphatic hydroxyl groups is 1. The summed E-state index contributed by atoms with van der Waals surface area (Å²) in [5.74, 6) is 5.37. The number of benzene rings is 2. The van der Waals surface area contributed by atoms with Gasteiger partial charge in [-0.25, -0.2) is 13.2 Å². The summed E-state index contributed by atoms with van der Waals surface area (Å²) >= 11 is 0. The van der Waals surface area contributed by atoms with Crippen LogP contribution < -0.4 is 4.74 Å². The molecule has 184 valence electrons. The first-order valence-electron chi connectivity index (χ1n) is 11.8. The van der Waals surface area contributed by atoms with E-state index in [0.29, 0.717) is 42.8 Å². The van der Waals surface area contributed by atoms with Crippen LogP contribution in [0.3, 0.4) is 0 Å². The minimum absolute atomic E-state index is 0.0239. The molecule has 0 amide bonds. The van der Waals surface area contributed by atoms with Crippen molar-refractivity contribution in [1.29, 1.82) is 0 Å². The number of methoxy groups -OCH3 is 1. The summed E-state index contributed by atoms with van der Waals surface area (Å²) < 4.78 is 47.3. The van der Waals surface area contributed by atoms with Gasteiger partial charge in [-0.3, -0.25) is 9.88 Å². The molecule has 1 N–H and O–H groups in total. The Hall–Kier alpha value is -3.08. The summed E-state index contributed by atoms with van der Waals surface area (Å²) in [6.45, 7) is 1.90. The van der Waals surface area contributed by atoms with Gasteiger partial charge in [0.25, 0.3) is 0 Å². The SMILES string of the molecule is COc1ccc2nccc([C@H](F)CC[C@@H]3CCN(CC#Cc4cc(F)cc(F)c4)C[C@@H]3CO)c2c1. The Morgan fingerprint density at radius 2 is 1.94 bits per heavy atom. The molecule has 3 atom stereocenters. The summed E-state index contributed by atoms with van der Waals surface area (Å²) in [5.41, 5.74) is 1.64. The summed E-state index contributed by atoms with van der Waals surface area (Å²) in [6.07, 6.45) is 2.36. The zero-order chi connectivity index (χ0) is 24.8. The second kappa shape index (κ2) is 11.6. The normalized spacial score (nSPS) is 19.2. The third-order valence-corrected chi connectivity index (χ3v) is 6.72. The quantitative estimate of drug-likeness (QED) is 0.465. The molecule has 1 fully saturated rings. The van der Waals surface area contributed by atoms with Crippen LogP contribution in [0.2, 0.25) is 0 Å². The first kappa shape index (κ1) is 25.0. The van der Waals surface area contributed by atoms with Crippen molar-refractivity contribution in [3.05, 3.63) is 71.4 Å². The molecule has 0 aliphatic carbocycles. The maximum atomic E-state index is 15.3. The number of hydrogen-bond acceptors (Lipinski definition) is 4. The summed E-state index contributed by atoms with van der Waals surface area (Å²) in [6, 6.07) is 10.4. The average molecular weight is 483 g/mol. The molecule has 35 heavy (non-hydrogen) atoms. The van der Waals surface area contributed by atoms with Gasteiger partial charge in [0, 0.05) is 36.4 Å². The van der Waals surface area contributed by atoms with Gasteiger partial charge in [-0.15, -0.1) is 0 Å².